The molecule has 138 valence electrons. The van der Waals surface area contributed by atoms with Crippen LogP contribution in [-0.2, 0) is 0 Å². The number of rotatable bonds is 7. The molecule has 0 saturated carbocycles. The van der Waals surface area contributed by atoms with E-state index in [1.54, 1.807) is 24.3 Å². The van der Waals surface area contributed by atoms with Crippen LogP contribution in [0.3, 0.4) is 0 Å². The highest BCUT2D eigenvalue weighted by Crippen LogP contribution is 2.19. The largest absolute Gasteiger partial charge is 0.352 e. The van der Waals surface area contributed by atoms with E-state index in [1.165, 1.54) is 0 Å². The summed E-state index contributed by atoms with van der Waals surface area (Å²) in [7, 11) is 4.00. The van der Waals surface area contributed by atoms with Crippen LogP contribution in [0.2, 0.25) is 0 Å². The molecule has 0 atom stereocenters. The monoisotopic (exact) mass is 417 g/mol. The highest BCUT2D eigenvalue weighted by atomic mass is 79.9. The Hall–Kier alpha value is -2.18. The highest BCUT2D eigenvalue weighted by Gasteiger charge is 2.11. The lowest BCUT2D eigenvalue weighted by atomic mass is 10.1. The van der Waals surface area contributed by atoms with E-state index in [9.17, 15) is 9.59 Å². The Kier molecular flexibility index (Phi) is 7.36. The zero-order valence-corrected chi connectivity index (χ0v) is 16.9. The first-order valence-electron chi connectivity index (χ1n) is 8.47. The Morgan fingerprint density at radius 3 is 2.31 bits per heavy atom. The number of carbonyl (C=O) groups is 2. The van der Waals surface area contributed by atoms with Crippen LogP contribution >= 0.6 is 15.9 Å². The molecule has 0 radical (unpaired) electrons. The number of nitrogens with one attached hydrogen (secondary N) is 2. The number of aryl methyl sites for hydroxylation is 1. The predicted octanol–water partition coefficient (Wildman–Crippen LogP) is 3.69. The van der Waals surface area contributed by atoms with Crippen LogP contribution in [0.1, 0.15) is 32.7 Å². The first kappa shape index (κ1) is 20.1. The van der Waals surface area contributed by atoms with E-state index in [1.807, 2.05) is 39.2 Å². The molecule has 0 aliphatic rings. The van der Waals surface area contributed by atoms with Gasteiger partial charge >= 0.3 is 0 Å². The molecule has 2 aromatic rings. The molecule has 6 heteroatoms. The normalized spacial score (nSPS) is 10.7. The Bertz CT molecular complexity index is 773. The average molecular weight is 418 g/mol. The lowest BCUT2D eigenvalue weighted by Gasteiger charge is -2.12. The Morgan fingerprint density at radius 1 is 1.00 bits per heavy atom. The number of hydrogen-bond donors (Lipinski definition) is 2. The number of carbonyl (C=O) groups excluding carboxylic acids is 2. The third-order valence-corrected chi connectivity index (χ3v) is 4.45. The van der Waals surface area contributed by atoms with Crippen LogP contribution in [0.4, 0.5) is 5.69 Å². The van der Waals surface area contributed by atoms with E-state index < -0.39 is 0 Å². The molecule has 0 bridgehead atoms. The summed E-state index contributed by atoms with van der Waals surface area (Å²) >= 11 is 3.35. The molecule has 5 nitrogen and oxygen atoms in total. The van der Waals surface area contributed by atoms with Gasteiger partial charge in [0.1, 0.15) is 0 Å². The van der Waals surface area contributed by atoms with Crippen LogP contribution in [0, 0.1) is 6.92 Å². The summed E-state index contributed by atoms with van der Waals surface area (Å²) in [5, 5.41) is 5.79. The van der Waals surface area contributed by atoms with Gasteiger partial charge in [-0.3, -0.25) is 9.59 Å². The topological polar surface area (TPSA) is 61.4 Å². The summed E-state index contributed by atoms with van der Waals surface area (Å²) in [6.45, 7) is 3.43. The highest BCUT2D eigenvalue weighted by molar-refractivity contribution is 9.10. The summed E-state index contributed by atoms with van der Waals surface area (Å²) in [4.78, 5) is 26.8. The van der Waals surface area contributed by atoms with Gasteiger partial charge in [0.05, 0.1) is 0 Å². The molecule has 0 spiro atoms. The van der Waals surface area contributed by atoms with E-state index in [2.05, 4.69) is 31.5 Å². The summed E-state index contributed by atoms with van der Waals surface area (Å²) in [6, 6.07) is 12.5. The van der Waals surface area contributed by atoms with Crippen molar-refractivity contribution < 1.29 is 9.59 Å². The fraction of sp³-hybridized carbons (Fsp3) is 0.300. The van der Waals surface area contributed by atoms with Crippen molar-refractivity contribution in [3.05, 3.63) is 63.6 Å². The molecule has 0 saturated heterocycles. The minimum atomic E-state index is -0.204. The van der Waals surface area contributed by atoms with E-state index in [4.69, 9.17) is 0 Å². The maximum absolute atomic E-state index is 12.4. The fourth-order valence-electron chi connectivity index (χ4n) is 2.39. The SMILES string of the molecule is Cc1ccc(C(=O)NCCCN(C)C)cc1NC(=O)c1ccc(Br)cc1. The number of anilines is 1. The Morgan fingerprint density at radius 2 is 1.65 bits per heavy atom. The van der Waals surface area contributed by atoms with Gasteiger partial charge in [0.2, 0.25) is 0 Å². The molecule has 0 fully saturated rings. The van der Waals surface area contributed by atoms with Crippen molar-refractivity contribution in [1.29, 1.82) is 0 Å². The maximum atomic E-state index is 12.4. The summed E-state index contributed by atoms with van der Waals surface area (Å²) in [6.07, 6.45) is 0.887. The number of nitrogens with zero attached hydrogens (tertiary/aromatic N) is 1. The van der Waals surface area contributed by atoms with Crippen LogP contribution < -0.4 is 10.6 Å². The van der Waals surface area contributed by atoms with Crippen LogP contribution in [0.15, 0.2) is 46.9 Å². The fourth-order valence-corrected chi connectivity index (χ4v) is 2.66. The molecule has 0 heterocycles. The van der Waals surface area contributed by atoms with Crippen molar-refractivity contribution in [2.45, 2.75) is 13.3 Å². The maximum Gasteiger partial charge on any atom is 0.255 e. The summed E-state index contributed by atoms with van der Waals surface area (Å²) in [5.41, 5.74) is 2.64. The van der Waals surface area contributed by atoms with Gasteiger partial charge in [-0.15, -0.1) is 0 Å². The van der Waals surface area contributed by atoms with E-state index in [-0.39, 0.29) is 11.8 Å². The van der Waals surface area contributed by atoms with Gasteiger partial charge in [-0.1, -0.05) is 22.0 Å². The van der Waals surface area contributed by atoms with Gasteiger partial charge in [-0.2, -0.15) is 0 Å². The molecular formula is C20H24BrN3O2. The number of halogens is 1. The minimum absolute atomic E-state index is 0.136. The number of benzene rings is 2. The molecule has 26 heavy (non-hydrogen) atoms. The molecule has 2 rings (SSSR count). The van der Waals surface area contributed by atoms with Crippen molar-refractivity contribution in [2.75, 3.05) is 32.5 Å². The van der Waals surface area contributed by atoms with E-state index in [0.29, 0.717) is 23.4 Å². The smallest absolute Gasteiger partial charge is 0.255 e. The first-order valence-corrected chi connectivity index (χ1v) is 9.26. The molecule has 0 aromatic heterocycles. The molecule has 0 unspecified atom stereocenters. The third-order valence-electron chi connectivity index (χ3n) is 3.92. The number of hydrogen-bond acceptors (Lipinski definition) is 3. The predicted molar refractivity (Wildman–Crippen MR) is 109 cm³/mol. The Labute approximate surface area is 162 Å². The van der Waals surface area contributed by atoms with Crippen LogP contribution in [0.25, 0.3) is 0 Å². The summed E-state index contributed by atoms with van der Waals surface area (Å²) in [5.74, 6) is -0.341. The molecular weight excluding hydrogens is 394 g/mol. The van der Waals surface area contributed by atoms with Gasteiger partial charge in [-0.25, -0.2) is 0 Å². The van der Waals surface area contributed by atoms with Crippen LogP contribution in [0.5, 0.6) is 0 Å². The van der Waals surface area contributed by atoms with Gasteiger partial charge in [-0.05, 0) is 75.9 Å². The second-order valence-corrected chi connectivity index (χ2v) is 7.32. The molecule has 0 aliphatic carbocycles. The van der Waals surface area contributed by atoms with Crippen molar-refractivity contribution in [3.8, 4) is 0 Å². The zero-order valence-electron chi connectivity index (χ0n) is 15.3. The van der Waals surface area contributed by atoms with E-state index in [0.717, 1.165) is 23.0 Å². The number of amides is 2. The average Bonchev–Trinajstić information content (AvgIpc) is 2.60. The summed E-state index contributed by atoms with van der Waals surface area (Å²) < 4.78 is 0.915. The van der Waals surface area contributed by atoms with Crippen LogP contribution in [-0.4, -0.2) is 43.9 Å². The lowest BCUT2D eigenvalue weighted by Crippen LogP contribution is -2.27. The molecule has 0 aliphatic heterocycles. The quantitative estimate of drug-likeness (QED) is 0.675. The first-order chi connectivity index (χ1) is 12.4. The molecule has 2 aromatic carbocycles. The van der Waals surface area contributed by atoms with E-state index >= 15 is 0 Å². The second kappa shape index (κ2) is 9.50. The second-order valence-electron chi connectivity index (χ2n) is 6.40. The van der Waals surface area contributed by atoms with Gasteiger partial charge in [0.25, 0.3) is 11.8 Å². The molecule has 2 N–H and O–H groups in total. The molecule has 2 amide bonds. The van der Waals surface area contributed by atoms with Gasteiger partial charge in [0, 0.05) is 27.8 Å². The minimum Gasteiger partial charge on any atom is -0.352 e. The van der Waals surface area contributed by atoms with Crippen molar-refractivity contribution in [3.63, 3.8) is 0 Å². The lowest BCUT2D eigenvalue weighted by molar-refractivity contribution is 0.0951. The Balaban J connectivity index is 2.03. The van der Waals surface area contributed by atoms with Crippen molar-refractivity contribution >= 4 is 33.4 Å². The third kappa shape index (κ3) is 5.97. The standard InChI is InChI=1S/C20H24BrN3O2/c1-14-5-6-16(19(25)22-11-4-12-24(2)3)13-18(14)23-20(26)15-7-9-17(21)10-8-15/h5-10,13H,4,11-12H2,1-3H3,(H,22,25)(H,23,26). The van der Waals surface area contributed by atoms with Gasteiger partial charge < -0.3 is 15.5 Å². The van der Waals surface area contributed by atoms with Gasteiger partial charge in [0.15, 0.2) is 0 Å². The van der Waals surface area contributed by atoms with Crippen molar-refractivity contribution in [2.24, 2.45) is 0 Å². The van der Waals surface area contributed by atoms with Crippen molar-refractivity contribution in [1.82, 2.24) is 10.2 Å². The zero-order chi connectivity index (χ0) is 19.1.